The molecule has 0 spiro atoms. The Morgan fingerprint density at radius 1 is 1.33 bits per heavy atom. The topological polar surface area (TPSA) is 24.5 Å². The molecule has 0 saturated carbocycles. The van der Waals surface area contributed by atoms with E-state index in [2.05, 4.69) is 42.5 Å². The number of rotatable bonds is 4. The van der Waals surface area contributed by atoms with Crippen LogP contribution in [0.5, 0.6) is 5.75 Å². The minimum Gasteiger partial charge on any atom is -0.496 e. The van der Waals surface area contributed by atoms with Gasteiger partial charge in [0.1, 0.15) is 5.75 Å². The van der Waals surface area contributed by atoms with E-state index >= 15 is 0 Å². The molecule has 1 aliphatic heterocycles. The van der Waals surface area contributed by atoms with Crippen LogP contribution in [0.4, 0.5) is 5.69 Å². The minimum atomic E-state index is 0.602. The predicted octanol–water partition coefficient (Wildman–Crippen LogP) is 2.45. The lowest BCUT2D eigenvalue weighted by Gasteiger charge is -2.25. The summed E-state index contributed by atoms with van der Waals surface area (Å²) in [5.74, 6) is 1.01. The number of hydrogen-bond acceptors (Lipinski definition) is 3. The van der Waals surface area contributed by atoms with Gasteiger partial charge in [0.15, 0.2) is 0 Å². The van der Waals surface area contributed by atoms with Gasteiger partial charge in [-0.15, -0.1) is 0 Å². The fraction of sp³-hybridized carbons (Fsp3) is 0.600. The number of piperidine rings is 1. The van der Waals surface area contributed by atoms with Crippen LogP contribution in [0.1, 0.15) is 24.8 Å². The van der Waals surface area contributed by atoms with Crippen LogP contribution in [0, 0.1) is 0 Å². The van der Waals surface area contributed by atoms with Crippen molar-refractivity contribution in [2.24, 2.45) is 0 Å². The molecule has 1 aromatic carbocycles. The van der Waals surface area contributed by atoms with E-state index in [0.717, 1.165) is 18.7 Å². The van der Waals surface area contributed by atoms with Crippen LogP contribution >= 0.6 is 0 Å². The molecule has 1 heterocycles. The molecular formula is C15H24N2O. The van der Waals surface area contributed by atoms with Gasteiger partial charge in [0, 0.05) is 25.8 Å². The first kappa shape index (κ1) is 13.2. The van der Waals surface area contributed by atoms with Gasteiger partial charge in [0.05, 0.1) is 7.11 Å². The lowest BCUT2D eigenvalue weighted by Crippen LogP contribution is -2.35. The smallest absolute Gasteiger partial charge is 0.122 e. The fourth-order valence-electron chi connectivity index (χ4n) is 2.57. The molecule has 3 heteroatoms. The Morgan fingerprint density at radius 3 is 2.78 bits per heavy atom. The van der Waals surface area contributed by atoms with Crippen molar-refractivity contribution in [2.45, 2.75) is 31.7 Å². The van der Waals surface area contributed by atoms with Crippen molar-refractivity contribution in [2.75, 3.05) is 32.6 Å². The van der Waals surface area contributed by atoms with E-state index in [1.807, 2.05) is 0 Å². The molecule has 1 atom stereocenters. The molecule has 1 saturated heterocycles. The van der Waals surface area contributed by atoms with Gasteiger partial charge >= 0.3 is 0 Å². The van der Waals surface area contributed by atoms with Crippen LogP contribution in [0.2, 0.25) is 0 Å². The maximum Gasteiger partial charge on any atom is 0.122 e. The number of nitrogens with one attached hydrogen (secondary N) is 1. The van der Waals surface area contributed by atoms with Crippen LogP contribution in [0.15, 0.2) is 18.2 Å². The lowest BCUT2D eigenvalue weighted by atomic mass is 9.97. The summed E-state index contributed by atoms with van der Waals surface area (Å²) in [4.78, 5) is 2.14. The van der Waals surface area contributed by atoms with Gasteiger partial charge in [0.2, 0.25) is 0 Å². The normalized spacial score (nSPS) is 19.6. The van der Waals surface area contributed by atoms with Crippen molar-refractivity contribution in [3.8, 4) is 5.75 Å². The van der Waals surface area contributed by atoms with E-state index in [9.17, 15) is 0 Å². The molecular weight excluding hydrogens is 224 g/mol. The average molecular weight is 248 g/mol. The highest BCUT2D eigenvalue weighted by atomic mass is 16.5. The maximum atomic E-state index is 5.48. The first-order chi connectivity index (χ1) is 8.70. The summed E-state index contributed by atoms with van der Waals surface area (Å²) in [7, 11) is 5.90. The number of anilines is 1. The van der Waals surface area contributed by atoms with Crippen molar-refractivity contribution >= 4 is 5.69 Å². The second kappa shape index (κ2) is 6.10. The summed E-state index contributed by atoms with van der Waals surface area (Å²) in [6, 6.07) is 7.03. The van der Waals surface area contributed by atoms with E-state index in [-0.39, 0.29) is 0 Å². The first-order valence-corrected chi connectivity index (χ1v) is 6.78. The summed E-state index contributed by atoms with van der Waals surface area (Å²) in [6.07, 6.45) is 4.99. The van der Waals surface area contributed by atoms with Crippen molar-refractivity contribution in [3.05, 3.63) is 23.8 Å². The summed E-state index contributed by atoms with van der Waals surface area (Å²) >= 11 is 0. The minimum absolute atomic E-state index is 0.602. The third-order valence-electron chi connectivity index (χ3n) is 3.66. The summed E-state index contributed by atoms with van der Waals surface area (Å²) in [5, 5.41) is 3.60. The highest BCUT2D eigenvalue weighted by Crippen LogP contribution is 2.26. The van der Waals surface area contributed by atoms with Gasteiger partial charge in [0.25, 0.3) is 0 Å². The third-order valence-corrected chi connectivity index (χ3v) is 3.66. The molecule has 0 bridgehead atoms. The summed E-state index contributed by atoms with van der Waals surface area (Å²) < 4.78 is 5.48. The Kier molecular flexibility index (Phi) is 4.48. The van der Waals surface area contributed by atoms with Crippen LogP contribution < -0.4 is 15.0 Å². The Hall–Kier alpha value is -1.22. The van der Waals surface area contributed by atoms with Crippen LogP contribution in [0.25, 0.3) is 0 Å². The van der Waals surface area contributed by atoms with Gasteiger partial charge in [-0.1, -0.05) is 6.42 Å². The Balaban J connectivity index is 2.15. The Labute approximate surface area is 110 Å². The van der Waals surface area contributed by atoms with Crippen LogP contribution in [-0.4, -0.2) is 33.8 Å². The van der Waals surface area contributed by atoms with Crippen molar-refractivity contribution in [1.29, 1.82) is 0 Å². The average Bonchev–Trinajstić information content (AvgIpc) is 2.39. The molecule has 1 aliphatic rings. The van der Waals surface area contributed by atoms with E-state index in [1.165, 1.54) is 30.5 Å². The Bertz CT molecular complexity index is 384. The van der Waals surface area contributed by atoms with Crippen molar-refractivity contribution in [3.63, 3.8) is 0 Å². The molecule has 0 aromatic heterocycles. The molecule has 1 unspecified atom stereocenters. The zero-order valence-electron chi connectivity index (χ0n) is 11.7. The van der Waals surface area contributed by atoms with E-state index in [0.29, 0.717) is 6.04 Å². The van der Waals surface area contributed by atoms with Gasteiger partial charge < -0.3 is 15.0 Å². The van der Waals surface area contributed by atoms with Crippen LogP contribution in [0.3, 0.4) is 0 Å². The molecule has 1 N–H and O–H groups in total. The zero-order valence-corrected chi connectivity index (χ0v) is 11.7. The van der Waals surface area contributed by atoms with Gasteiger partial charge in [-0.2, -0.15) is 0 Å². The molecule has 3 nitrogen and oxygen atoms in total. The number of hydrogen-bond donors (Lipinski definition) is 1. The molecule has 2 rings (SSSR count). The number of methoxy groups -OCH3 is 1. The number of benzene rings is 1. The van der Waals surface area contributed by atoms with Gasteiger partial charge in [-0.05, 0) is 49.6 Å². The quantitative estimate of drug-likeness (QED) is 0.886. The van der Waals surface area contributed by atoms with Crippen LogP contribution in [-0.2, 0) is 6.42 Å². The SMILES string of the molecule is COc1ccc(N(C)C)cc1CC1CCCCN1. The highest BCUT2D eigenvalue weighted by molar-refractivity contribution is 5.52. The van der Waals surface area contributed by atoms with Gasteiger partial charge in [-0.25, -0.2) is 0 Å². The summed E-state index contributed by atoms with van der Waals surface area (Å²) in [5.41, 5.74) is 2.55. The third kappa shape index (κ3) is 3.16. The van der Waals surface area contributed by atoms with Crippen molar-refractivity contribution < 1.29 is 4.74 Å². The predicted molar refractivity (Wildman–Crippen MR) is 76.7 cm³/mol. The molecule has 100 valence electrons. The molecule has 18 heavy (non-hydrogen) atoms. The zero-order chi connectivity index (χ0) is 13.0. The second-order valence-electron chi connectivity index (χ2n) is 5.24. The molecule has 1 fully saturated rings. The van der Waals surface area contributed by atoms with E-state index in [1.54, 1.807) is 7.11 Å². The molecule has 0 aliphatic carbocycles. The van der Waals surface area contributed by atoms with E-state index in [4.69, 9.17) is 4.74 Å². The second-order valence-corrected chi connectivity index (χ2v) is 5.24. The molecule has 0 radical (unpaired) electrons. The maximum absolute atomic E-state index is 5.48. The van der Waals surface area contributed by atoms with E-state index < -0.39 is 0 Å². The lowest BCUT2D eigenvalue weighted by molar-refractivity contribution is 0.382. The molecule has 1 aromatic rings. The fourth-order valence-corrected chi connectivity index (χ4v) is 2.57. The number of ether oxygens (including phenoxy) is 1. The highest BCUT2D eigenvalue weighted by Gasteiger charge is 2.15. The van der Waals surface area contributed by atoms with Gasteiger partial charge in [-0.3, -0.25) is 0 Å². The largest absolute Gasteiger partial charge is 0.496 e. The first-order valence-electron chi connectivity index (χ1n) is 6.78. The Morgan fingerprint density at radius 2 is 2.17 bits per heavy atom. The monoisotopic (exact) mass is 248 g/mol. The number of nitrogens with zero attached hydrogens (tertiary/aromatic N) is 1. The molecule has 0 amide bonds. The van der Waals surface area contributed by atoms with Crippen molar-refractivity contribution in [1.82, 2.24) is 5.32 Å². The standard InChI is InChI=1S/C15H24N2O/c1-17(2)14-7-8-15(18-3)12(11-14)10-13-6-4-5-9-16-13/h7-8,11,13,16H,4-6,9-10H2,1-3H3. The summed E-state index contributed by atoms with van der Waals surface area (Å²) in [6.45, 7) is 1.15.